The Balaban J connectivity index is 1.73. The maximum Gasteiger partial charge on any atom is 0.256 e. The number of nitrogens with one attached hydrogen (secondary N) is 1. The minimum Gasteiger partial charge on any atom is -0.305 e. The highest BCUT2D eigenvalue weighted by Gasteiger charge is 2.11. The minimum absolute atomic E-state index is 0.144. The SMILES string of the molecule is N#Cc1cccc(C(=O)Nc2ccn(Cc3c(F)cccc3Cl)n2)c1. The Labute approximate surface area is 148 Å². The molecule has 5 nitrogen and oxygen atoms in total. The maximum atomic E-state index is 13.8. The van der Waals surface area contributed by atoms with Crippen molar-refractivity contribution in [1.82, 2.24) is 9.78 Å². The molecule has 0 bridgehead atoms. The summed E-state index contributed by atoms with van der Waals surface area (Å²) in [5.41, 5.74) is 1.07. The zero-order chi connectivity index (χ0) is 17.8. The van der Waals surface area contributed by atoms with Gasteiger partial charge in [-0.05, 0) is 30.3 Å². The Bertz CT molecular complexity index is 957. The highest BCUT2D eigenvalue weighted by atomic mass is 35.5. The van der Waals surface area contributed by atoms with Gasteiger partial charge in [-0.15, -0.1) is 0 Å². The van der Waals surface area contributed by atoms with Gasteiger partial charge in [-0.2, -0.15) is 10.4 Å². The molecule has 1 amide bonds. The molecule has 1 aromatic heterocycles. The summed E-state index contributed by atoms with van der Waals surface area (Å²) in [5, 5.41) is 16.0. The predicted molar refractivity (Wildman–Crippen MR) is 91.8 cm³/mol. The second kappa shape index (κ2) is 7.16. The number of carbonyl (C=O) groups is 1. The van der Waals surface area contributed by atoms with Gasteiger partial charge in [0.1, 0.15) is 5.82 Å². The first-order chi connectivity index (χ1) is 12.1. The van der Waals surface area contributed by atoms with Gasteiger partial charge in [0, 0.05) is 28.4 Å². The third kappa shape index (κ3) is 3.84. The third-order valence-corrected chi connectivity index (χ3v) is 3.87. The van der Waals surface area contributed by atoms with Crippen LogP contribution in [-0.2, 0) is 6.54 Å². The molecule has 0 aliphatic rings. The van der Waals surface area contributed by atoms with Crippen molar-refractivity contribution in [2.24, 2.45) is 0 Å². The van der Waals surface area contributed by atoms with E-state index in [2.05, 4.69) is 10.4 Å². The van der Waals surface area contributed by atoms with Gasteiger partial charge in [-0.1, -0.05) is 23.7 Å². The normalized spacial score (nSPS) is 10.3. The Kier molecular flexibility index (Phi) is 4.78. The quantitative estimate of drug-likeness (QED) is 0.773. The zero-order valence-electron chi connectivity index (χ0n) is 12.9. The van der Waals surface area contributed by atoms with E-state index in [4.69, 9.17) is 16.9 Å². The standard InChI is InChI=1S/C18H12ClFN4O/c19-15-5-2-6-16(20)14(15)11-24-8-7-17(23-24)22-18(25)13-4-1-3-12(9-13)10-21/h1-9H,11H2,(H,22,23,25). The summed E-state index contributed by atoms with van der Waals surface area (Å²) in [6, 6.07) is 14.4. The fourth-order valence-electron chi connectivity index (χ4n) is 2.28. The number of anilines is 1. The van der Waals surface area contributed by atoms with E-state index in [1.54, 1.807) is 36.5 Å². The average Bonchev–Trinajstić information content (AvgIpc) is 3.05. The van der Waals surface area contributed by atoms with Gasteiger partial charge >= 0.3 is 0 Å². The van der Waals surface area contributed by atoms with E-state index in [-0.39, 0.29) is 12.5 Å². The number of halogens is 2. The number of benzene rings is 2. The number of amides is 1. The van der Waals surface area contributed by atoms with Gasteiger partial charge < -0.3 is 5.32 Å². The molecule has 0 aliphatic heterocycles. The van der Waals surface area contributed by atoms with Crippen molar-refractivity contribution in [1.29, 1.82) is 5.26 Å². The van der Waals surface area contributed by atoms with E-state index >= 15 is 0 Å². The lowest BCUT2D eigenvalue weighted by molar-refractivity contribution is 0.102. The topological polar surface area (TPSA) is 70.7 Å². The Morgan fingerprint density at radius 2 is 2.08 bits per heavy atom. The molecule has 1 N–H and O–H groups in total. The Morgan fingerprint density at radius 1 is 1.28 bits per heavy atom. The summed E-state index contributed by atoms with van der Waals surface area (Å²) in [7, 11) is 0. The van der Waals surface area contributed by atoms with Crippen LogP contribution in [0.4, 0.5) is 10.2 Å². The summed E-state index contributed by atoms with van der Waals surface area (Å²) >= 11 is 6.00. The number of aromatic nitrogens is 2. The summed E-state index contributed by atoms with van der Waals surface area (Å²) in [5.74, 6) is -0.479. The van der Waals surface area contributed by atoms with E-state index in [0.29, 0.717) is 27.5 Å². The van der Waals surface area contributed by atoms with Crippen LogP contribution < -0.4 is 5.32 Å². The first kappa shape index (κ1) is 16.7. The lowest BCUT2D eigenvalue weighted by atomic mass is 10.1. The van der Waals surface area contributed by atoms with Gasteiger partial charge in [0.05, 0.1) is 18.2 Å². The molecular formula is C18H12ClFN4O. The minimum atomic E-state index is -0.415. The van der Waals surface area contributed by atoms with E-state index in [1.807, 2.05) is 6.07 Å². The van der Waals surface area contributed by atoms with Crippen LogP contribution in [0.3, 0.4) is 0 Å². The van der Waals surface area contributed by atoms with Crippen molar-refractivity contribution < 1.29 is 9.18 Å². The Hall–Kier alpha value is -3.17. The molecule has 0 radical (unpaired) electrons. The average molecular weight is 355 g/mol. The van der Waals surface area contributed by atoms with Gasteiger partial charge in [-0.3, -0.25) is 9.48 Å². The second-order valence-corrected chi connectivity index (χ2v) is 5.65. The summed E-state index contributed by atoms with van der Waals surface area (Å²) in [4.78, 5) is 12.2. The van der Waals surface area contributed by atoms with Gasteiger partial charge in [0.25, 0.3) is 5.91 Å². The molecule has 0 spiro atoms. The monoisotopic (exact) mass is 354 g/mol. The summed E-state index contributed by atoms with van der Waals surface area (Å²) in [6.07, 6.45) is 1.62. The predicted octanol–water partition coefficient (Wildman–Crippen LogP) is 3.85. The molecule has 124 valence electrons. The molecule has 0 saturated carbocycles. The molecule has 2 aromatic carbocycles. The molecule has 1 heterocycles. The molecule has 25 heavy (non-hydrogen) atoms. The van der Waals surface area contributed by atoms with Crippen LogP contribution in [0.1, 0.15) is 21.5 Å². The maximum absolute atomic E-state index is 13.8. The molecule has 0 atom stereocenters. The molecule has 3 aromatic rings. The summed E-state index contributed by atoms with van der Waals surface area (Å²) in [6.45, 7) is 0.144. The number of nitrogens with zero attached hydrogens (tertiary/aromatic N) is 3. The number of nitriles is 1. The lowest BCUT2D eigenvalue weighted by Crippen LogP contribution is -2.13. The van der Waals surface area contributed by atoms with E-state index in [0.717, 1.165) is 0 Å². The molecular weight excluding hydrogens is 343 g/mol. The van der Waals surface area contributed by atoms with Crippen LogP contribution in [0.15, 0.2) is 54.7 Å². The molecule has 0 unspecified atom stereocenters. The fraction of sp³-hybridized carbons (Fsp3) is 0.0556. The highest BCUT2D eigenvalue weighted by Crippen LogP contribution is 2.20. The second-order valence-electron chi connectivity index (χ2n) is 5.25. The van der Waals surface area contributed by atoms with Gasteiger partial charge in [0.2, 0.25) is 0 Å². The Morgan fingerprint density at radius 3 is 2.84 bits per heavy atom. The fourth-order valence-corrected chi connectivity index (χ4v) is 2.50. The first-order valence-corrected chi connectivity index (χ1v) is 7.72. The number of hydrogen-bond acceptors (Lipinski definition) is 3. The van der Waals surface area contributed by atoms with Crippen LogP contribution in [0.5, 0.6) is 0 Å². The van der Waals surface area contributed by atoms with Crippen LogP contribution >= 0.6 is 11.6 Å². The highest BCUT2D eigenvalue weighted by molar-refractivity contribution is 6.31. The van der Waals surface area contributed by atoms with E-state index in [1.165, 1.54) is 22.9 Å². The van der Waals surface area contributed by atoms with Gasteiger partial charge in [-0.25, -0.2) is 4.39 Å². The molecule has 7 heteroatoms. The number of hydrogen-bond donors (Lipinski definition) is 1. The van der Waals surface area contributed by atoms with Crippen LogP contribution in [0.2, 0.25) is 5.02 Å². The van der Waals surface area contributed by atoms with Crippen molar-refractivity contribution in [2.45, 2.75) is 6.54 Å². The van der Waals surface area contributed by atoms with Crippen molar-refractivity contribution in [3.63, 3.8) is 0 Å². The molecule has 3 rings (SSSR count). The van der Waals surface area contributed by atoms with Crippen LogP contribution in [0.25, 0.3) is 0 Å². The van der Waals surface area contributed by atoms with E-state index < -0.39 is 5.82 Å². The number of carbonyl (C=O) groups excluding carboxylic acids is 1. The lowest BCUT2D eigenvalue weighted by Gasteiger charge is -2.06. The zero-order valence-corrected chi connectivity index (χ0v) is 13.7. The largest absolute Gasteiger partial charge is 0.305 e. The molecule has 0 saturated heterocycles. The molecule has 0 fully saturated rings. The van der Waals surface area contributed by atoms with Crippen LogP contribution in [0, 0.1) is 17.1 Å². The van der Waals surface area contributed by atoms with Gasteiger partial charge in [0.15, 0.2) is 5.82 Å². The third-order valence-electron chi connectivity index (χ3n) is 3.52. The smallest absolute Gasteiger partial charge is 0.256 e. The van der Waals surface area contributed by atoms with Crippen molar-refractivity contribution >= 4 is 23.3 Å². The summed E-state index contributed by atoms with van der Waals surface area (Å²) < 4.78 is 15.3. The van der Waals surface area contributed by atoms with Crippen molar-refractivity contribution in [2.75, 3.05) is 5.32 Å². The van der Waals surface area contributed by atoms with E-state index in [9.17, 15) is 9.18 Å². The first-order valence-electron chi connectivity index (χ1n) is 7.34. The number of rotatable bonds is 4. The van der Waals surface area contributed by atoms with Crippen molar-refractivity contribution in [3.8, 4) is 6.07 Å². The molecule has 0 aliphatic carbocycles. The van der Waals surface area contributed by atoms with Crippen LogP contribution in [-0.4, -0.2) is 15.7 Å². The van der Waals surface area contributed by atoms with Crippen molar-refractivity contribution in [3.05, 3.63) is 82.3 Å².